The highest BCUT2D eigenvalue weighted by atomic mass is 19.4. The van der Waals surface area contributed by atoms with E-state index in [0.717, 1.165) is 16.7 Å². The normalized spacial score (nSPS) is 18.6. The summed E-state index contributed by atoms with van der Waals surface area (Å²) in [7, 11) is 0. The zero-order valence-electron chi connectivity index (χ0n) is 24.2. The largest absolute Gasteiger partial charge is 0.491 e. The number of aliphatic hydroxyl groups is 1. The van der Waals surface area contributed by atoms with Crippen LogP contribution in [0.25, 0.3) is 6.08 Å². The fourth-order valence-corrected chi connectivity index (χ4v) is 5.07. The number of rotatable bonds is 9. The van der Waals surface area contributed by atoms with Crippen LogP contribution in [0.4, 0.5) is 26.3 Å². The van der Waals surface area contributed by atoms with Gasteiger partial charge in [-0.15, -0.1) is 0 Å². The third kappa shape index (κ3) is 6.92. The lowest BCUT2D eigenvalue weighted by molar-refractivity contribution is -0.347. The lowest BCUT2D eigenvalue weighted by Gasteiger charge is -2.35. The van der Waals surface area contributed by atoms with Gasteiger partial charge in [-0.1, -0.05) is 50.3 Å². The lowest BCUT2D eigenvalue weighted by Crippen LogP contribution is -2.55. The van der Waals surface area contributed by atoms with E-state index in [1.165, 1.54) is 6.07 Å². The van der Waals surface area contributed by atoms with Crippen molar-refractivity contribution >= 4 is 6.08 Å². The minimum absolute atomic E-state index is 0.138. The molecule has 1 aliphatic rings. The van der Waals surface area contributed by atoms with Crippen molar-refractivity contribution in [2.75, 3.05) is 19.8 Å². The smallest absolute Gasteiger partial charge is 0.430 e. The Morgan fingerprint density at radius 3 is 1.95 bits per heavy atom. The molecule has 0 amide bonds. The van der Waals surface area contributed by atoms with Crippen LogP contribution in [-0.2, 0) is 14.9 Å². The molecular weight excluding hydrogens is 550 g/mol. The highest BCUT2D eigenvalue weighted by molar-refractivity contribution is 5.57. The molecule has 10 heteroatoms. The number of aryl methyl sites for hydroxylation is 2. The van der Waals surface area contributed by atoms with Crippen LogP contribution in [0.1, 0.15) is 68.4 Å². The average Bonchev–Trinajstić information content (AvgIpc) is 2.88. The summed E-state index contributed by atoms with van der Waals surface area (Å²) in [6.45, 7) is 12.8. The number of hydrogen-bond acceptors (Lipinski definition) is 4. The maximum atomic E-state index is 13.1. The van der Waals surface area contributed by atoms with Crippen LogP contribution >= 0.6 is 0 Å². The van der Waals surface area contributed by atoms with Crippen molar-refractivity contribution in [3.8, 4) is 5.75 Å². The predicted molar refractivity (Wildman–Crippen MR) is 145 cm³/mol. The molecule has 1 N–H and O–H groups in total. The van der Waals surface area contributed by atoms with E-state index >= 15 is 0 Å². The van der Waals surface area contributed by atoms with Gasteiger partial charge in [0, 0.05) is 5.41 Å². The van der Waals surface area contributed by atoms with Gasteiger partial charge in [0.05, 0.1) is 18.8 Å². The average molecular weight is 589 g/mol. The molecule has 2 aromatic carbocycles. The van der Waals surface area contributed by atoms with Gasteiger partial charge in [0.25, 0.3) is 5.60 Å². The molecule has 1 fully saturated rings. The van der Waals surface area contributed by atoms with Crippen LogP contribution in [-0.4, -0.2) is 54.6 Å². The van der Waals surface area contributed by atoms with Gasteiger partial charge in [-0.25, -0.2) is 0 Å². The first-order valence-corrected chi connectivity index (χ1v) is 13.5. The second-order valence-corrected chi connectivity index (χ2v) is 11.3. The summed E-state index contributed by atoms with van der Waals surface area (Å²) < 4.78 is 96.2. The first kappa shape index (κ1) is 32.9. The van der Waals surface area contributed by atoms with E-state index in [0.29, 0.717) is 50.1 Å². The first-order chi connectivity index (χ1) is 18.9. The molecule has 2 aromatic rings. The molecular formula is C31H38F6O4. The first-order valence-electron chi connectivity index (χ1n) is 13.5. The highest BCUT2D eigenvalue weighted by Crippen LogP contribution is 2.45. The molecule has 1 atom stereocenters. The maximum Gasteiger partial charge on any atom is 0.430 e. The van der Waals surface area contributed by atoms with Gasteiger partial charge < -0.3 is 19.3 Å². The molecule has 0 aromatic heterocycles. The maximum absolute atomic E-state index is 13.1. The second kappa shape index (κ2) is 12.0. The molecule has 3 rings (SSSR count). The molecule has 0 spiro atoms. The van der Waals surface area contributed by atoms with E-state index < -0.39 is 23.4 Å². The van der Waals surface area contributed by atoms with Crippen molar-refractivity contribution in [2.45, 2.75) is 89.5 Å². The van der Waals surface area contributed by atoms with Crippen LogP contribution in [0, 0.1) is 13.8 Å². The lowest BCUT2D eigenvalue weighted by atomic mass is 9.70. The summed E-state index contributed by atoms with van der Waals surface area (Å²) in [6, 6.07) is 10.9. The van der Waals surface area contributed by atoms with Gasteiger partial charge in [-0.2, -0.15) is 26.3 Å². The SMILES string of the molecule is CCC(CC)(c1ccc(/C=C/C(O)(C(F)(F)F)C(F)(F)F)c(C)c1)c1ccc(OCC2COC(C)(C)CO2)c(C)c1. The van der Waals surface area contributed by atoms with Gasteiger partial charge in [-0.05, 0) is 80.5 Å². The van der Waals surface area contributed by atoms with Gasteiger partial charge in [0.1, 0.15) is 18.5 Å². The minimum atomic E-state index is -5.92. The van der Waals surface area contributed by atoms with Crippen molar-refractivity contribution in [1.82, 2.24) is 0 Å². The summed E-state index contributed by atoms with van der Waals surface area (Å²) in [6.07, 6.45) is -10.2. The van der Waals surface area contributed by atoms with Crippen molar-refractivity contribution in [1.29, 1.82) is 0 Å². The Kier molecular flexibility index (Phi) is 9.62. The zero-order chi connectivity index (χ0) is 30.9. The van der Waals surface area contributed by atoms with Crippen molar-refractivity contribution < 1.29 is 45.7 Å². The van der Waals surface area contributed by atoms with E-state index in [9.17, 15) is 31.4 Å². The summed E-state index contributed by atoms with van der Waals surface area (Å²) in [5, 5.41) is 9.47. The van der Waals surface area contributed by atoms with Gasteiger partial charge in [0.15, 0.2) is 0 Å². The van der Waals surface area contributed by atoms with Gasteiger partial charge in [-0.3, -0.25) is 0 Å². The Morgan fingerprint density at radius 1 is 0.927 bits per heavy atom. The Morgan fingerprint density at radius 2 is 1.49 bits per heavy atom. The van der Waals surface area contributed by atoms with E-state index in [2.05, 4.69) is 0 Å². The molecule has 1 saturated heterocycles. The number of alkyl halides is 6. The van der Waals surface area contributed by atoms with Crippen molar-refractivity contribution in [2.24, 2.45) is 0 Å². The summed E-state index contributed by atoms with van der Waals surface area (Å²) in [5.74, 6) is 0.710. The summed E-state index contributed by atoms with van der Waals surface area (Å²) in [4.78, 5) is 0. The minimum Gasteiger partial charge on any atom is -0.491 e. The fourth-order valence-electron chi connectivity index (χ4n) is 5.07. The quantitative estimate of drug-likeness (QED) is 0.303. The molecule has 1 heterocycles. The van der Waals surface area contributed by atoms with Gasteiger partial charge >= 0.3 is 12.4 Å². The van der Waals surface area contributed by atoms with E-state index in [-0.39, 0.29) is 23.3 Å². The fraction of sp³-hybridized carbons (Fsp3) is 0.548. The van der Waals surface area contributed by atoms with Crippen LogP contribution in [0.5, 0.6) is 5.75 Å². The topological polar surface area (TPSA) is 47.9 Å². The van der Waals surface area contributed by atoms with Crippen molar-refractivity contribution in [3.05, 3.63) is 70.3 Å². The molecule has 0 bridgehead atoms. The second-order valence-electron chi connectivity index (χ2n) is 11.3. The summed E-state index contributed by atoms with van der Waals surface area (Å²) >= 11 is 0. The molecule has 0 radical (unpaired) electrons. The molecule has 0 aliphatic carbocycles. The monoisotopic (exact) mass is 588 g/mol. The Bertz CT molecular complexity index is 1200. The third-order valence-electron chi connectivity index (χ3n) is 7.88. The zero-order valence-corrected chi connectivity index (χ0v) is 24.2. The molecule has 1 unspecified atom stereocenters. The Labute approximate surface area is 237 Å². The molecule has 4 nitrogen and oxygen atoms in total. The van der Waals surface area contributed by atoms with Crippen LogP contribution in [0.3, 0.4) is 0 Å². The van der Waals surface area contributed by atoms with Gasteiger partial charge in [0.2, 0.25) is 0 Å². The number of halogens is 6. The number of ether oxygens (including phenoxy) is 3. The van der Waals surface area contributed by atoms with Crippen LogP contribution < -0.4 is 4.74 Å². The number of benzene rings is 2. The van der Waals surface area contributed by atoms with E-state index in [4.69, 9.17) is 14.2 Å². The number of hydrogen-bond donors (Lipinski definition) is 1. The standard InChI is InChI=1S/C31H38F6O4/c1-7-28(8-2,24-11-12-26(21(4)16-24)39-17-25-18-41-27(5,6)19-40-25)23-10-9-22(20(3)15-23)13-14-29(38,30(32,33)34)31(35,36)37/h9-16,25,38H,7-8,17-19H2,1-6H3/b14-13+. The van der Waals surface area contributed by atoms with Crippen LogP contribution in [0.15, 0.2) is 42.5 Å². The molecule has 1 aliphatic heterocycles. The van der Waals surface area contributed by atoms with Crippen molar-refractivity contribution in [3.63, 3.8) is 0 Å². The van der Waals surface area contributed by atoms with E-state index in [1.54, 1.807) is 19.1 Å². The molecule has 41 heavy (non-hydrogen) atoms. The third-order valence-corrected chi connectivity index (χ3v) is 7.88. The predicted octanol–water partition coefficient (Wildman–Crippen LogP) is 7.85. The summed E-state index contributed by atoms with van der Waals surface area (Å²) in [5.41, 5.74) is -2.30. The van der Waals surface area contributed by atoms with Crippen LogP contribution in [0.2, 0.25) is 0 Å². The molecule has 0 saturated carbocycles. The molecule has 228 valence electrons. The Balaban J connectivity index is 1.86. The van der Waals surface area contributed by atoms with E-state index in [1.807, 2.05) is 52.8 Å². The Hall–Kier alpha value is -2.56. The highest BCUT2D eigenvalue weighted by Gasteiger charge is 2.69.